The topological polar surface area (TPSA) is 72.9 Å². The lowest BCUT2D eigenvalue weighted by atomic mass is 10.1. The molecule has 0 aromatic heterocycles. The van der Waals surface area contributed by atoms with Crippen LogP contribution in [-0.2, 0) is 11.3 Å². The van der Waals surface area contributed by atoms with E-state index in [1.165, 1.54) is 0 Å². The molecule has 1 heterocycles. The number of amides is 3. The second kappa shape index (κ2) is 9.96. The zero-order chi connectivity index (χ0) is 20.8. The predicted molar refractivity (Wildman–Crippen MR) is 114 cm³/mol. The number of anilines is 1. The molecular formula is C21H23Cl2N3O3. The molecule has 154 valence electrons. The van der Waals surface area contributed by atoms with Crippen LogP contribution in [0.25, 0.3) is 0 Å². The second-order valence-corrected chi connectivity index (χ2v) is 7.77. The highest BCUT2D eigenvalue weighted by atomic mass is 35.5. The average Bonchev–Trinajstić information content (AvgIpc) is 3.19. The Bertz CT molecular complexity index is 861. The Labute approximate surface area is 180 Å². The summed E-state index contributed by atoms with van der Waals surface area (Å²) in [5, 5.41) is 13.4. The summed E-state index contributed by atoms with van der Waals surface area (Å²) < 4.78 is 0. The third kappa shape index (κ3) is 5.63. The second-order valence-electron chi connectivity index (χ2n) is 6.90. The van der Waals surface area contributed by atoms with Crippen molar-refractivity contribution in [1.29, 1.82) is 0 Å². The van der Waals surface area contributed by atoms with E-state index in [1.807, 2.05) is 12.1 Å². The molecule has 6 nitrogen and oxygen atoms in total. The number of likely N-dealkylation sites (tertiary alicyclic amines) is 1. The third-order valence-electron chi connectivity index (χ3n) is 4.84. The minimum atomic E-state index is -0.562. The van der Waals surface area contributed by atoms with E-state index in [9.17, 15) is 14.7 Å². The van der Waals surface area contributed by atoms with Crippen molar-refractivity contribution < 1.29 is 14.7 Å². The number of halogens is 2. The minimum absolute atomic E-state index is 0.157. The maximum Gasteiger partial charge on any atom is 0.322 e. The van der Waals surface area contributed by atoms with Crippen LogP contribution in [0.1, 0.15) is 18.4 Å². The highest BCUT2D eigenvalue weighted by Crippen LogP contribution is 2.23. The van der Waals surface area contributed by atoms with E-state index >= 15 is 0 Å². The predicted octanol–water partition coefficient (Wildman–Crippen LogP) is 4.01. The summed E-state index contributed by atoms with van der Waals surface area (Å²) in [6.45, 7) is 0.855. The summed E-state index contributed by atoms with van der Waals surface area (Å²) in [6, 6.07) is 13.2. The summed E-state index contributed by atoms with van der Waals surface area (Å²) in [5.74, 6) is -0.178. The number of urea groups is 1. The zero-order valence-corrected chi connectivity index (χ0v) is 17.4. The van der Waals surface area contributed by atoms with Crippen molar-refractivity contribution in [3.8, 4) is 0 Å². The Morgan fingerprint density at radius 1 is 1.14 bits per heavy atom. The average molecular weight is 436 g/mol. The maximum atomic E-state index is 13.2. The molecule has 1 aliphatic rings. The Balaban J connectivity index is 1.70. The Morgan fingerprint density at radius 3 is 2.59 bits per heavy atom. The van der Waals surface area contributed by atoms with Gasteiger partial charge in [0, 0.05) is 35.4 Å². The molecule has 2 aromatic carbocycles. The number of aliphatic hydroxyl groups is 1. The van der Waals surface area contributed by atoms with Gasteiger partial charge >= 0.3 is 6.03 Å². The molecule has 0 bridgehead atoms. The number of hydrogen-bond acceptors (Lipinski definition) is 3. The lowest BCUT2D eigenvalue weighted by Crippen LogP contribution is -2.49. The fourth-order valence-corrected chi connectivity index (χ4v) is 3.79. The van der Waals surface area contributed by atoms with Gasteiger partial charge in [-0.2, -0.15) is 0 Å². The van der Waals surface area contributed by atoms with Crippen molar-refractivity contribution >= 4 is 40.8 Å². The fourth-order valence-electron chi connectivity index (χ4n) is 3.45. The zero-order valence-electron chi connectivity index (χ0n) is 15.9. The minimum Gasteiger partial charge on any atom is -0.395 e. The number of carbonyl (C=O) groups excluding carboxylic acids is 2. The van der Waals surface area contributed by atoms with E-state index < -0.39 is 6.04 Å². The number of nitrogens with zero attached hydrogens (tertiary/aromatic N) is 2. The molecule has 0 aliphatic carbocycles. The molecule has 0 unspecified atom stereocenters. The SMILES string of the molecule is O=C([C@H]1CCCN1C(=O)Nc1ccc(Cl)cc1)N(CCO)Cc1cccc(Cl)c1. The van der Waals surface area contributed by atoms with E-state index in [2.05, 4.69) is 5.32 Å². The maximum absolute atomic E-state index is 13.2. The monoisotopic (exact) mass is 435 g/mol. The molecule has 8 heteroatoms. The summed E-state index contributed by atoms with van der Waals surface area (Å²) in [7, 11) is 0. The number of hydrogen-bond donors (Lipinski definition) is 2. The molecule has 1 atom stereocenters. The van der Waals surface area contributed by atoms with E-state index in [4.69, 9.17) is 23.2 Å². The number of benzene rings is 2. The van der Waals surface area contributed by atoms with Gasteiger partial charge < -0.3 is 20.2 Å². The van der Waals surface area contributed by atoms with Crippen LogP contribution in [0.2, 0.25) is 10.0 Å². The fraction of sp³-hybridized carbons (Fsp3) is 0.333. The number of carbonyl (C=O) groups is 2. The summed E-state index contributed by atoms with van der Waals surface area (Å²) in [6.07, 6.45) is 1.33. The highest BCUT2D eigenvalue weighted by Gasteiger charge is 2.36. The normalized spacial score (nSPS) is 16.0. The van der Waals surface area contributed by atoms with E-state index in [1.54, 1.807) is 46.2 Å². The first kappa shape index (κ1) is 21.4. The molecule has 3 rings (SSSR count). The third-order valence-corrected chi connectivity index (χ3v) is 5.33. The molecule has 1 saturated heterocycles. The summed E-state index contributed by atoms with van der Waals surface area (Å²) in [4.78, 5) is 29.1. The van der Waals surface area contributed by atoms with Crippen LogP contribution in [0.5, 0.6) is 0 Å². The Hall–Kier alpha value is -2.28. The molecule has 2 aromatic rings. The van der Waals surface area contributed by atoms with Crippen molar-refractivity contribution in [3.05, 3.63) is 64.1 Å². The lowest BCUT2D eigenvalue weighted by Gasteiger charge is -2.30. The van der Waals surface area contributed by atoms with Crippen LogP contribution < -0.4 is 5.32 Å². The molecule has 0 spiro atoms. The van der Waals surface area contributed by atoms with Gasteiger partial charge in [-0.05, 0) is 54.8 Å². The van der Waals surface area contributed by atoms with Crippen molar-refractivity contribution in [2.45, 2.75) is 25.4 Å². The van der Waals surface area contributed by atoms with Gasteiger partial charge in [-0.1, -0.05) is 35.3 Å². The molecule has 3 amide bonds. The van der Waals surface area contributed by atoms with Crippen molar-refractivity contribution in [2.24, 2.45) is 0 Å². The van der Waals surface area contributed by atoms with Gasteiger partial charge in [0.1, 0.15) is 6.04 Å². The van der Waals surface area contributed by atoms with Crippen LogP contribution in [0.4, 0.5) is 10.5 Å². The number of rotatable bonds is 6. The van der Waals surface area contributed by atoms with E-state index in [0.717, 1.165) is 12.0 Å². The Morgan fingerprint density at radius 2 is 1.90 bits per heavy atom. The van der Waals surface area contributed by atoms with Gasteiger partial charge in [0.25, 0.3) is 0 Å². The molecule has 29 heavy (non-hydrogen) atoms. The van der Waals surface area contributed by atoms with Gasteiger partial charge in [0.15, 0.2) is 0 Å². The molecule has 1 aliphatic heterocycles. The van der Waals surface area contributed by atoms with Gasteiger partial charge in [-0.3, -0.25) is 4.79 Å². The first-order valence-electron chi connectivity index (χ1n) is 9.45. The summed E-state index contributed by atoms with van der Waals surface area (Å²) >= 11 is 11.9. The van der Waals surface area contributed by atoms with Crippen LogP contribution in [0, 0.1) is 0 Å². The van der Waals surface area contributed by atoms with Gasteiger partial charge in [-0.25, -0.2) is 4.79 Å². The van der Waals surface area contributed by atoms with Crippen LogP contribution in [0.3, 0.4) is 0 Å². The molecule has 2 N–H and O–H groups in total. The van der Waals surface area contributed by atoms with Gasteiger partial charge in [-0.15, -0.1) is 0 Å². The van der Waals surface area contributed by atoms with E-state index in [-0.39, 0.29) is 25.1 Å². The van der Waals surface area contributed by atoms with Crippen molar-refractivity contribution in [1.82, 2.24) is 9.80 Å². The lowest BCUT2D eigenvalue weighted by molar-refractivity contribution is -0.136. The van der Waals surface area contributed by atoms with Crippen molar-refractivity contribution in [2.75, 3.05) is 25.0 Å². The molecular weight excluding hydrogens is 413 g/mol. The first-order valence-corrected chi connectivity index (χ1v) is 10.2. The molecule has 1 fully saturated rings. The van der Waals surface area contributed by atoms with Crippen LogP contribution in [-0.4, -0.2) is 52.6 Å². The van der Waals surface area contributed by atoms with Crippen LogP contribution in [0.15, 0.2) is 48.5 Å². The van der Waals surface area contributed by atoms with Crippen LogP contribution >= 0.6 is 23.2 Å². The first-order chi connectivity index (χ1) is 14.0. The van der Waals surface area contributed by atoms with Gasteiger partial charge in [0.2, 0.25) is 5.91 Å². The smallest absolute Gasteiger partial charge is 0.322 e. The van der Waals surface area contributed by atoms with Gasteiger partial charge in [0.05, 0.1) is 6.61 Å². The quantitative estimate of drug-likeness (QED) is 0.719. The number of nitrogens with one attached hydrogen (secondary N) is 1. The summed E-state index contributed by atoms with van der Waals surface area (Å²) in [5.41, 5.74) is 1.48. The molecule has 0 radical (unpaired) electrons. The standard InChI is InChI=1S/C21H23Cl2N3O3/c22-16-6-8-18(9-7-16)24-21(29)26-10-2-5-19(26)20(28)25(11-12-27)14-15-3-1-4-17(23)13-15/h1,3-4,6-9,13,19,27H,2,5,10-12,14H2,(H,24,29)/t19-/m1/s1. The highest BCUT2D eigenvalue weighted by molar-refractivity contribution is 6.30. The Kier molecular flexibility index (Phi) is 7.36. The largest absolute Gasteiger partial charge is 0.395 e. The van der Waals surface area contributed by atoms with Crippen molar-refractivity contribution in [3.63, 3.8) is 0 Å². The van der Waals surface area contributed by atoms with E-state index in [0.29, 0.717) is 35.2 Å². The molecule has 0 saturated carbocycles. The number of aliphatic hydroxyl groups excluding tert-OH is 1.